The van der Waals surface area contributed by atoms with E-state index in [0.29, 0.717) is 30.7 Å². The fraction of sp³-hybridized carbons (Fsp3) is 0.600. The smallest absolute Gasteiger partial charge is 0.341 e. The molecule has 1 aliphatic carbocycles. The maximum Gasteiger partial charge on any atom is 0.341 e. The topological polar surface area (TPSA) is 120 Å². The van der Waals surface area contributed by atoms with Crippen molar-refractivity contribution in [3.05, 3.63) is 33.9 Å². The molecule has 2 N–H and O–H groups in total. The van der Waals surface area contributed by atoms with Crippen molar-refractivity contribution < 1.29 is 24.0 Å². The first-order valence-corrected chi connectivity index (χ1v) is 9.81. The van der Waals surface area contributed by atoms with Gasteiger partial charge in [-0.1, -0.05) is 26.7 Å². The van der Waals surface area contributed by atoms with E-state index in [0.717, 1.165) is 25.3 Å². The van der Waals surface area contributed by atoms with Gasteiger partial charge in [0.15, 0.2) is 6.61 Å². The highest BCUT2D eigenvalue weighted by molar-refractivity contribution is 5.97. The number of methoxy groups -OCH3 is 1. The Balaban J connectivity index is 2.00. The molecule has 1 aliphatic rings. The van der Waals surface area contributed by atoms with E-state index in [1.165, 1.54) is 12.1 Å². The molecule has 9 nitrogen and oxygen atoms in total. The fourth-order valence-corrected chi connectivity index (χ4v) is 3.50. The number of carbonyl (C=O) groups is 2. The van der Waals surface area contributed by atoms with Crippen LogP contribution in [-0.2, 0) is 14.3 Å². The Kier molecular flexibility index (Phi) is 8.38. The molecule has 1 saturated carbocycles. The van der Waals surface area contributed by atoms with Gasteiger partial charge >= 0.3 is 5.97 Å². The molecule has 0 saturated heterocycles. The monoisotopic (exact) mass is 407 g/mol. The van der Waals surface area contributed by atoms with E-state index < -0.39 is 17.5 Å². The molecule has 29 heavy (non-hydrogen) atoms. The molecule has 0 heterocycles. The largest absolute Gasteiger partial charge is 0.452 e. The summed E-state index contributed by atoms with van der Waals surface area (Å²) in [6.45, 7) is 4.65. The lowest BCUT2D eigenvalue weighted by Crippen LogP contribution is -2.45. The molecular weight excluding hydrogens is 378 g/mol. The van der Waals surface area contributed by atoms with Crippen LogP contribution < -0.4 is 10.6 Å². The number of anilines is 1. The van der Waals surface area contributed by atoms with Gasteiger partial charge in [0, 0.05) is 37.5 Å². The second-order valence-electron chi connectivity index (χ2n) is 7.42. The molecule has 1 amide bonds. The minimum Gasteiger partial charge on any atom is -0.452 e. The molecule has 0 aliphatic heterocycles. The average Bonchev–Trinajstić information content (AvgIpc) is 2.70. The van der Waals surface area contributed by atoms with E-state index in [2.05, 4.69) is 24.5 Å². The lowest BCUT2D eigenvalue weighted by molar-refractivity contribution is -0.384. The molecular formula is C20H29N3O6. The van der Waals surface area contributed by atoms with Gasteiger partial charge in [0.05, 0.1) is 17.1 Å². The summed E-state index contributed by atoms with van der Waals surface area (Å²) in [4.78, 5) is 35.2. The van der Waals surface area contributed by atoms with Gasteiger partial charge in [-0.3, -0.25) is 14.9 Å². The van der Waals surface area contributed by atoms with Crippen LogP contribution in [0, 0.1) is 22.0 Å². The van der Waals surface area contributed by atoms with E-state index in [4.69, 9.17) is 9.47 Å². The predicted molar refractivity (Wildman–Crippen MR) is 108 cm³/mol. The molecule has 1 aromatic rings. The zero-order valence-electron chi connectivity index (χ0n) is 17.1. The number of nitro groups is 1. The van der Waals surface area contributed by atoms with E-state index in [9.17, 15) is 19.7 Å². The van der Waals surface area contributed by atoms with Crippen molar-refractivity contribution in [2.24, 2.45) is 11.8 Å². The van der Waals surface area contributed by atoms with E-state index >= 15 is 0 Å². The molecule has 0 unspecified atom stereocenters. The first-order valence-electron chi connectivity index (χ1n) is 9.81. The van der Waals surface area contributed by atoms with Crippen molar-refractivity contribution in [3.63, 3.8) is 0 Å². The summed E-state index contributed by atoms with van der Waals surface area (Å²) in [6, 6.07) is 3.94. The third kappa shape index (κ3) is 6.42. The van der Waals surface area contributed by atoms with Gasteiger partial charge in [-0.25, -0.2) is 4.79 Å². The zero-order valence-corrected chi connectivity index (χ0v) is 17.1. The number of esters is 1. The molecule has 1 fully saturated rings. The lowest BCUT2D eigenvalue weighted by atomic mass is 9.78. The number of nitrogens with one attached hydrogen (secondary N) is 2. The Bertz CT molecular complexity index is 739. The van der Waals surface area contributed by atoms with Crippen LogP contribution in [0.1, 0.15) is 43.5 Å². The number of nitro benzene ring substituents is 1. The van der Waals surface area contributed by atoms with E-state index in [1.807, 2.05) is 0 Å². The van der Waals surface area contributed by atoms with Crippen LogP contribution >= 0.6 is 0 Å². The maximum atomic E-state index is 12.5. The normalized spacial score (nSPS) is 21.3. The second-order valence-corrected chi connectivity index (χ2v) is 7.42. The van der Waals surface area contributed by atoms with Crippen molar-refractivity contribution in [1.29, 1.82) is 0 Å². The molecule has 9 heteroatoms. The Morgan fingerprint density at radius 2 is 2.03 bits per heavy atom. The molecule has 160 valence electrons. The summed E-state index contributed by atoms with van der Waals surface area (Å²) >= 11 is 0. The highest BCUT2D eigenvalue weighted by Gasteiger charge is 2.28. The average molecular weight is 407 g/mol. The molecule has 0 spiro atoms. The van der Waals surface area contributed by atoms with Crippen LogP contribution in [0.2, 0.25) is 0 Å². The van der Waals surface area contributed by atoms with Crippen LogP contribution in [0.4, 0.5) is 11.4 Å². The van der Waals surface area contributed by atoms with Gasteiger partial charge in [-0.15, -0.1) is 0 Å². The Hall–Kier alpha value is -2.68. The van der Waals surface area contributed by atoms with Crippen LogP contribution in [0.3, 0.4) is 0 Å². The molecule has 3 atom stereocenters. The van der Waals surface area contributed by atoms with Crippen LogP contribution in [0.15, 0.2) is 18.2 Å². The highest BCUT2D eigenvalue weighted by atomic mass is 16.6. The highest BCUT2D eigenvalue weighted by Crippen LogP contribution is 2.29. The number of hydrogen-bond donors (Lipinski definition) is 2. The number of benzene rings is 1. The Morgan fingerprint density at radius 1 is 1.28 bits per heavy atom. The summed E-state index contributed by atoms with van der Waals surface area (Å²) in [5, 5.41) is 17.0. The van der Waals surface area contributed by atoms with Crippen molar-refractivity contribution in [2.45, 2.75) is 39.2 Å². The van der Waals surface area contributed by atoms with Gasteiger partial charge < -0.3 is 20.1 Å². The van der Waals surface area contributed by atoms with Crippen molar-refractivity contribution >= 4 is 23.3 Å². The third-order valence-electron chi connectivity index (χ3n) is 5.44. The van der Waals surface area contributed by atoms with Crippen LogP contribution in [0.5, 0.6) is 0 Å². The van der Waals surface area contributed by atoms with Crippen molar-refractivity contribution in [2.75, 3.05) is 32.2 Å². The van der Waals surface area contributed by atoms with Crippen LogP contribution in [-0.4, -0.2) is 49.7 Å². The first kappa shape index (κ1) is 22.6. The summed E-state index contributed by atoms with van der Waals surface area (Å²) in [6.07, 6.45) is 3.11. The van der Waals surface area contributed by atoms with E-state index in [-0.39, 0.29) is 23.2 Å². The van der Waals surface area contributed by atoms with Crippen LogP contribution in [0.25, 0.3) is 0 Å². The summed E-state index contributed by atoms with van der Waals surface area (Å²) in [5.74, 6) is -0.281. The summed E-state index contributed by atoms with van der Waals surface area (Å²) < 4.78 is 10.1. The standard InChI is InChI=1S/C20H29N3O6/c1-13-5-4-6-17(14(13)2)22-19(24)12-29-20(25)16-11-15(23(26)27)7-8-18(16)21-9-10-28-3/h7-8,11,13-14,17,21H,4-6,9-10,12H2,1-3H3,(H,22,24)/t13-,14+,17-/m0/s1. The molecule has 2 rings (SSSR count). The van der Waals surface area contributed by atoms with Crippen molar-refractivity contribution in [1.82, 2.24) is 5.32 Å². The summed E-state index contributed by atoms with van der Waals surface area (Å²) in [7, 11) is 1.54. The lowest BCUT2D eigenvalue weighted by Gasteiger charge is -2.34. The van der Waals surface area contributed by atoms with Crippen molar-refractivity contribution in [3.8, 4) is 0 Å². The number of carbonyl (C=O) groups excluding carboxylic acids is 2. The number of hydrogen-bond acceptors (Lipinski definition) is 7. The van der Waals surface area contributed by atoms with Gasteiger partial charge in [0.1, 0.15) is 0 Å². The molecule has 1 aromatic carbocycles. The number of non-ortho nitro benzene ring substituents is 1. The van der Waals surface area contributed by atoms with Gasteiger partial charge in [-0.2, -0.15) is 0 Å². The van der Waals surface area contributed by atoms with E-state index in [1.54, 1.807) is 7.11 Å². The van der Waals surface area contributed by atoms with Gasteiger partial charge in [-0.05, 0) is 24.3 Å². The quantitative estimate of drug-likeness (QED) is 0.279. The van der Waals surface area contributed by atoms with Gasteiger partial charge in [0.25, 0.3) is 11.6 Å². The number of ether oxygens (including phenoxy) is 2. The fourth-order valence-electron chi connectivity index (χ4n) is 3.50. The minimum atomic E-state index is -0.797. The minimum absolute atomic E-state index is 0.00256. The first-order chi connectivity index (χ1) is 13.8. The van der Waals surface area contributed by atoms with Gasteiger partial charge in [0.2, 0.25) is 0 Å². The predicted octanol–water partition coefficient (Wildman–Crippen LogP) is 2.75. The second kappa shape index (κ2) is 10.8. The Labute approximate surface area is 170 Å². The summed E-state index contributed by atoms with van der Waals surface area (Å²) in [5.41, 5.74) is 0.152. The zero-order chi connectivity index (χ0) is 21.4. The molecule has 0 bridgehead atoms. The maximum absolute atomic E-state index is 12.5. The number of rotatable bonds is 9. The Morgan fingerprint density at radius 3 is 2.72 bits per heavy atom. The SMILES string of the molecule is COCCNc1ccc([N+](=O)[O-])cc1C(=O)OCC(=O)N[C@H]1CCC[C@H](C)[C@H]1C. The number of nitrogens with zero attached hydrogens (tertiary/aromatic N) is 1. The third-order valence-corrected chi connectivity index (χ3v) is 5.44. The molecule has 0 aromatic heterocycles. The molecule has 0 radical (unpaired) electrons. The number of amides is 1.